The first-order chi connectivity index (χ1) is 13.6. The molecule has 4 aromatic rings. The molecule has 0 fully saturated rings. The molecule has 28 heavy (non-hydrogen) atoms. The first-order valence-corrected chi connectivity index (χ1v) is 9.09. The highest BCUT2D eigenvalue weighted by Crippen LogP contribution is 2.36. The van der Waals surface area contributed by atoms with Gasteiger partial charge in [-0.2, -0.15) is 5.10 Å². The van der Waals surface area contributed by atoms with Crippen molar-refractivity contribution in [2.45, 2.75) is 6.92 Å². The van der Waals surface area contributed by atoms with Crippen molar-refractivity contribution < 1.29 is 4.74 Å². The number of rotatable bonds is 4. The molecule has 0 saturated carbocycles. The van der Waals surface area contributed by atoms with E-state index in [0.717, 1.165) is 28.0 Å². The van der Waals surface area contributed by atoms with Crippen LogP contribution in [0.2, 0.25) is 0 Å². The van der Waals surface area contributed by atoms with Gasteiger partial charge in [0.2, 0.25) is 0 Å². The lowest BCUT2D eigenvalue weighted by Gasteiger charge is -2.15. The number of aryl methyl sites for hydroxylation is 2. The Hall–Kier alpha value is -3.66. The van der Waals surface area contributed by atoms with E-state index in [9.17, 15) is 4.79 Å². The Labute approximate surface area is 163 Å². The van der Waals surface area contributed by atoms with Crippen LogP contribution in [0.15, 0.2) is 89.7 Å². The van der Waals surface area contributed by atoms with E-state index in [-0.39, 0.29) is 5.56 Å². The molecule has 0 N–H and O–H groups in total. The second-order valence-corrected chi connectivity index (χ2v) is 6.65. The van der Waals surface area contributed by atoms with Gasteiger partial charge in [0.25, 0.3) is 5.56 Å². The number of hydrogen-bond donors (Lipinski definition) is 0. The van der Waals surface area contributed by atoms with E-state index in [1.165, 1.54) is 4.68 Å². The summed E-state index contributed by atoms with van der Waals surface area (Å²) < 4.78 is 7.47. The number of hydrogen-bond acceptors (Lipinski definition) is 3. The number of para-hydroxylation sites is 2. The highest BCUT2D eigenvalue weighted by molar-refractivity contribution is 5.83. The number of ether oxygens (including phenoxy) is 1. The summed E-state index contributed by atoms with van der Waals surface area (Å²) in [5.41, 5.74) is 4.28. The van der Waals surface area contributed by atoms with Crippen LogP contribution in [-0.2, 0) is 7.05 Å². The second kappa shape index (κ2) is 7.53. The maximum atomic E-state index is 12.3. The third-order valence-electron chi connectivity index (χ3n) is 4.57. The lowest BCUT2D eigenvalue weighted by molar-refractivity contribution is 0.484. The lowest BCUT2D eigenvalue weighted by Crippen LogP contribution is -2.19. The van der Waals surface area contributed by atoms with Gasteiger partial charge in [0.05, 0.1) is 0 Å². The number of benzene rings is 3. The zero-order valence-corrected chi connectivity index (χ0v) is 15.8. The highest BCUT2D eigenvalue weighted by Gasteiger charge is 2.16. The minimum absolute atomic E-state index is 0.152. The zero-order chi connectivity index (χ0) is 19.5. The SMILES string of the molecule is Cc1ccc(-c2cc(=O)n(C)nc2-c2ccccc2Oc2ccccc2)cc1. The Morgan fingerprint density at radius 1 is 0.821 bits per heavy atom. The van der Waals surface area contributed by atoms with E-state index in [0.29, 0.717) is 11.4 Å². The predicted molar refractivity (Wildman–Crippen MR) is 112 cm³/mol. The molecule has 1 aromatic heterocycles. The minimum atomic E-state index is -0.152. The van der Waals surface area contributed by atoms with Crippen LogP contribution in [-0.4, -0.2) is 9.78 Å². The van der Waals surface area contributed by atoms with Gasteiger partial charge in [0.1, 0.15) is 17.2 Å². The second-order valence-electron chi connectivity index (χ2n) is 6.65. The molecule has 0 aliphatic carbocycles. The van der Waals surface area contributed by atoms with Crippen LogP contribution in [0.25, 0.3) is 22.4 Å². The molecule has 0 aliphatic rings. The van der Waals surface area contributed by atoms with Crippen LogP contribution >= 0.6 is 0 Å². The summed E-state index contributed by atoms with van der Waals surface area (Å²) >= 11 is 0. The Morgan fingerprint density at radius 3 is 2.25 bits per heavy atom. The van der Waals surface area contributed by atoms with Crippen LogP contribution in [0.3, 0.4) is 0 Å². The molecule has 0 unspecified atom stereocenters. The molecule has 1 heterocycles. The molecule has 0 aliphatic heterocycles. The smallest absolute Gasteiger partial charge is 0.267 e. The molecular formula is C24H20N2O2. The lowest BCUT2D eigenvalue weighted by atomic mass is 9.98. The third-order valence-corrected chi connectivity index (χ3v) is 4.57. The average molecular weight is 368 g/mol. The van der Waals surface area contributed by atoms with Crippen LogP contribution in [0.1, 0.15) is 5.56 Å². The largest absolute Gasteiger partial charge is 0.457 e. The topological polar surface area (TPSA) is 44.1 Å². The molecule has 0 saturated heterocycles. The van der Waals surface area contributed by atoms with E-state index in [2.05, 4.69) is 5.10 Å². The van der Waals surface area contributed by atoms with Gasteiger partial charge in [0.15, 0.2) is 0 Å². The van der Waals surface area contributed by atoms with Crippen molar-refractivity contribution in [3.63, 3.8) is 0 Å². The summed E-state index contributed by atoms with van der Waals surface area (Å²) in [6.07, 6.45) is 0. The first-order valence-electron chi connectivity index (χ1n) is 9.09. The quantitative estimate of drug-likeness (QED) is 0.496. The molecule has 0 spiro atoms. The first kappa shape index (κ1) is 17.7. The van der Waals surface area contributed by atoms with Crippen molar-refractivity contribution in [2.24, 2.45) is 7.05 Å². The molecule has 0 amide bonds. The van der Waals surface area contributed by atoms with E-state index >= 15 is 0 Å². The molecule has 0 atom stereocenters. The van der Waals surface area contributed by atoms with Crippen LogP contribution in [0, 0.1) is 6.92 Å². The van der Waals surface area contributed by atoms with E-state index in [1.807, 2.05) is 85.8 Å². The monoisotopic (exact) mass is 368 g/mol. The normalized spacial score (nSPS) is 10.6. The summed E-state index contributed by atoms with van der Waals surface area (Å²) in [5, 5.41) is 4.57. The van der Waals surface area contributed by atoms with Crippen molar-refractivity contribution in [3.8, 4) is 33.9 Å². The standard InChI is InChI=1S/C24H20N2O2/c1-17-12-14-18(15-13-17)21-16-23(27)26(2)25-24(21)20-10-6-7-11-22(20)28-19-8-4-3-5-9-19/h3-16H,1-2H3. The Balaban J connectivity index is 1.89. The van der Waals surface area contributed by atoms with Crippen LogP contribution < -0.4 is 10.3 Å². The molecular weight excluding hydrogens is 348 g/mol. The van der Waals surface area contributed by atoms with Crippen LogP contribution in [0.4, 0.5) is 0 Å². The van der Waals surface area contributed by atoms with Crippen molar-refractivity contribution in [1.29, 1.82) is 0 Å². The maximum Gasteiger partial charge on any atom is 0.267 e. The van der Waals surface area contributed by atoms with Gasteiger partial charge in [-0.3, -0.25) is 4.79 Å². The minimum Gasteiger partial charge on any atom is -0.457 e. The van der Waals surface area contributed by atoms with Gasteiger partial charge >= 0.3 is 0 Å². The van der Waals surface area contributed by atoms with Crippen molar-refractivity contribution in [1.82, 2.24) is 9.78 Å². The van der Waals surface area contributed by atoms with E-state index in [4.69, 9.17) is 4.74 Å². The van der Waals surface area contributed by atoms with E-state index < -0.39 is 0 Å². The van der Waals surface area contributed by atoms with Gasteiger partial charge in [-0.15, -0.1) is 0 Å². The predicted octanol–water partition coefficient (Wildman–Crippen LogP) is 5.22. The molecule has 4 heteroatoms. The Kier molecular flexibility index (Phi) is 4.77. The maximum absolute atomic E-state index is 12.3. The zero-order valence-electron chi connectivity index (χ0n) is 15.8. The molecule has 3 aromatic carbocycles. The Morgan fingerprint density at radius 2 is 1.50 bits per heavy atom. The number of aromatic nitrogens is 2. The van der Waals surface area contributed by atoms with Crippen molar-refractivity contribution in [2.75, 3.05) is 0 Å². The van der Waals surface area contributed by atoms with Crippen molar-refractivity contribution >= 4 is 0 Å². The molecule has 0 bridgehead atoms. The molecule has 138 valence electrons. The summed E-state index contributed by atoms with van der Waals surface area (Å²) in [6, 6.07) is 27.1. The summed E-state index contributed by atoms with van der Waals surface area (Å²) in [4.78, 5) is 12.3. The number of nitrogens with zero attached hydrogens (tertiary/aromatic N) is 2. The Bertz CT molecular complexity index is 1160. The fourth-order valence-corrected chi connectivity index (χ4v) is 3.06. The van der Waals surface area contributed by atoms with Gasteiger partial charge in [-0.05, 0) is 36.8 Å². The highest BCUT2D eigenvalue weighted by atomic mass is 16.5. The molecule has 4 rings (SSSR count). The van der Waals surface area contributed by atoms with Crippen molar-refractivity contribution in [3.05, 3.63) is 101 Å². The van der Waals surface area contributed by atoms with Crippen LogP contribution in [0.5, 0.6) is 11.5 Å². The summed E-state index contributed by atoms with van der Waals surface area (Å²) in [7, 11) is 1.66. The fraction of sp³-hybridized carbons (Fsp3) is 0.0833. The van der Waals surface area contributed by atoms with Gasteiger partial charge < -0.3 is 4.74 Å². The summed E-state index contributed by atoms with van der Waals surface area (Å²) in [5.74, 6) is 1.44. The molecule has 0 radical (unpaired) electrons. The van der Waals surface area contributed by atoms with Gasteiger partial charge in [-0.1, -0.05) is 60.2 Å². The fourth-order valence-electron chi connectivity index (χ4n) is 3.06. The third kappa shape index (κ3) is 3.58. The average Bonchev–Trinajstić information content (AvgIpc) is 2.72. The summed E-state index contributed by atoms with van der Waals surface area (Å²) in [6.45, 7) is 2.04. The van der Waals surface area contributed by atoms with Gasteiger partial charge in [0, 0.05) is 24.2 Å². The van der Waals surface area contributed by atoms with E-state index in [1.54, 1.807) is 13.1 Å². The van der Waals surface area contributed by atoms with Gasteiger partial charge in [-0.25, -0.2) is 4.68 Å². The molecule has 4 nitrogen and oxygen atoms in total.